The van der Waals surface area contributed by atoms with Gasteiger partial charge in [-0.3, -0.25) is 9.78 Å². The number of nitrogens with zero attached hydrogens (tertiary/aromatic N) is 1. The summed E-state index contributed by atoms with van der Waals surface area (Å²) in [5, 5.41) is 3.55. The summed E-state index contributed by atoms with van der Waals surface area (Å²) in [5.74, 6) is 0.388. The van der Waals surface area contributed by atoms with Crippen molar-refractivity contribution >= 4 is 44.2 Å². The first-order valence-corrected chi connectivity index (χ1v) is 6.74. The van der Waals surface area contributed by atoms with E-state index in [2.05, 4.69) is 31.2 Å². The van der Waals surface area contributed by atoms with Gasteiger partial charge in [0.1, 0.15) is 0 Å². The summed E-state index contributed by atoms with van der Waals surface area (Å²) in [6.45, 7) is 0. The van der Waals surface area contributed by atoms with Gasteiger partial charge in [-0.2, -0.15) is 0 Å². The van der Waals surface area contributed by atoms with Gasteiger partial charge in [0.05, 0.1) is 16.6 Å². The average Bonchev–Trinajstić information content (AvgIpc) is 2.42. The van der Waals surface area contributed by atoms with Crippen LogP contribution in [0.15, 0.2) is 51.7 Å². The van der Waals surface area contributed by atoms with Crippen LogP contribution < -0.4 is 16.6 Å². The molecule has 20 heavy (non-hydrogen) atoms. The molecular weight excluding hydrogens is 320 g/mol. The van der Waals surface area contributed by atoms with Crippen molar-refractivity contribution < 1.29 is 0 Å². The van der Waals surface area contributed by atoms with Gasteiger partial charge in [0.15, 0.2) is 0 Å². The first-order valence-electron chi connectivity index (χ1n) is 5.94. The van der Waals surface area contributed by atoms with Crippen molar-refractivity contribution in [1.82, 2.24) is 9.97 Å². The quantitative estimate of drug-likeness (QED) is 0.630. The summed E-state index contributed by atoms with van der Waals surface area (Å²) in [6, 6.07) is 12.7. The number of rotatable bonds is 2. The van der Waals surface area contributed by atoms with Crippen LogP contribution in [-0.2, 0) is 0 Å². The fourth-order valence-electron chi connectivity index (χ4n) is 1.91. The number of aromatic amines is 1. The minimum absolute atomic E-state index is 0.225. The van der Waals surface area contributed by atoms with Gasteiger partial charge in [-0.15, -0.1) is 0 Å². The third kappa shape index (κ3) is 2.37. The Balaban J connectivity index is 2.08. The molecule has 100 valence electrons. The number of aromatic nitrogens is 2. The van der Waals surface area contributed by atoms with E-state index >= 15 is 0 Å². The van der Waals surface area contributed by atoms with E-state index in [1.54, 1.807) is 18.2 Å². The van der Waals surface area contributed by atoms with E-state index in [0.717, 1.165) is 10.2 Å². The van der Waals surface area contributed by atoms with Gasteiger partial charge in [0.25, 0.3) is 5.56 Å². The van der Waals surface area contributed by atoms with Crippen molar-refractivity contribution in [3.05, 3.63) is 57.3 Å². The molecule has 0 unspecified atom stereocenters. The van der Waals surface area contributed by atoms with E-state index in [-0.39, 0.29) is 5.56 Å². The zero-order valence-electron chi connectivity index (χ0n) is 10.4. The Morgan fingerprint density at radius 3 is 2.80 bits per heavy atom. The number of fused-ring (bicyclic) bond motifs is 1. The van der Waals surface area contributed by atoms with Crippen LogP contribution in [0, 0.1) is 0 Å². The predicted molar refractivity (Wildman–Crippen MR) is 84.2 cm³/mol. The number of hydrogen-bond donors (Lipinski definition) is 3. The topological polar surface area (TPSA) is 83.8 Å². The third-order valence-corrected chi connectivity index (χ3v) is 3.55. The van der Waals surface area contributed by atoms with Crippen LogP contribution in [0.4, 0.5) is 17.3 Å². The zero-order chi connectivity index (χ0) is 14.1. The molecule has 0 radical (unpaired) electrons. The number of anilines is 3. The van der Waals surface area contributed by atoms with Crippen LogP contribution in [0.3, 0.4) is 0 Å². The van der Waals surface area contributed by atoms with Crippen LogP contribution in [-0.4, -0.2) is 9.97 Å². The Kier molecular flexibility index (Phi) is 3.15. The lowest BCUT2D eigenvalue weighted by molar-refractivity contribution is 1.17. The minimum Gasteiger partial charge on any atom is -0.399 e. The lowest BCUT2D eigenvalue weighted by atomic mass is 10.2. The van der Waals surface area contributed by atoms with E-state index in [1.807, 2.05) is 24.3 Å². The molecule has 1 aromatic heterocycles. The number of halogens is 1. The maximum Gasteiger partial charge on any atom is 0.260 e. The van der Waals surface area contributed by atoms with Crippen molar-refractivity contribution in [3.63, 3.8) is 0 Å². The molecular formula is C14H11BrN4O. The summed E-state index contributed by atoms with van der Waals surface area (Å²) in [4.78, 5) is 19.1. The maximum absolute atomic E-state index is 12.0. The van der Waals surface area contributed by atoms with E-state index in [1.165, 1.54) is 0 Å². The van der Waals surface area contributed by atoms with Gasteiger partial charge >= 0.3 is 0 Å². The molecule has 0 aliphatic carbocycles. The van der Waals surface area contributed by atoms with Gasteiger partial charge in [-0.25, -0.2) is 4.98 Å². The summed E-state index contributed by atoms with van der Waals surface area (Å²) >= 11 is 3.43. The molecule has 0 aliphatic rings. The molecule has 0 aliphatic heterocycles. The number of benzene rings is 2. The van der Waals surface area contributed by atoms with Crippen LogP contribution in [0.1, 0.15) is 0 Å². The molecule has 2 aromatic carbocycles. The van der Waals surface area contributed by atoms with Crippen molar-refractivity contribution in [3.8, 4) is 0 Å². The van der Waals surface area contributed by atoms with E-state index in [0.29, 0.717) is 22.5 Å². The Hall–Kier alpha value is -2.34. The third-order valence-electron chi connectivity index (χ3n) is 2.86. The number of H-pyrrole nitrogens is 1. The van der Waals surface area contributed by atoms with E-state index in [9.17, 15) is 4.79 Å². The number of nitrogen functional groups attached to an aromatic ring is 1. The summed E-state index contributed by atoms with van der Waals surface area (Å²) in [5.41, 5.74) is 7.40. The monoisotopic (exact) mass is 330 g/mol. The highest BCUT2D eigenvalue weighted by Crippen LogP contribution is 2.24. The number of hydrogen-bond acceptors (Lipinski definition) is 4. The van der Waals surface area contributed by atoms with E-state index < -0.39 is 0 Å². The van der Waals surface area contributed by atoms with Crippen molar-refractivity contribution in [1.29, 1.82) is 0 Å². The summed E-state index contributed by atoms with van der Waals surface area (Å²) in [6.07, 6.45) is 0. The Morgan fingerprint density at radius 2 is 2.00 bits per heavy atom. The van der Waals surface area contributed by atoms with Gasteiger partial charge < -0.3 is 11.1 Å². The molecule has 0 saturated heterocycles. The molecule has 0 atom stereocenters. The number of nitrogens with one attached hydrogen (secondary N) is 2. The zero-order valence-corrected chi connectivity index (χ0v) is 11.9. The molecule has 0 amide bonds. The fourth-order valence-corrected chi connectivity index (χ4v) is 2.29. The second kappa shape index (κ2) is 4.97. The molecule has 3 aromatic rings. The normalized spacial score (nSPS) is 10.7. The predicted octanol–water partition coefficient (Wildman–Crippen LogP) is 3.01. The van der Waals surface area contributed by atoms with Gasteiger partial charge in [0, 0.05) is 10.2 Å². The largest absolute Gasteiger partial charge is 0.399 e. The Bertz CT molecular complexity index is 844. The SMILES string of the molecule is Nc1ccc2nc(Nc3ccccc3Br)[nH]c(=O)c2c1. The summed E-state index contributed by atoms with van der Waals surface area (Å²) < 4.78 is 0.889. The highest BCUT2D eigenvalue weighted by molar-refractivity contribution is 9.10. The molecule has 1 heterocycles. The molecule has 5 nitrogen and oxygen atoms in total. The lowest BCUT2D eigenvalue weighted by Crippen LogP contribution is -2.11. The highest BCUT2D eigenvalue weighted by Gasteiger charge is 2.05. The average molecular weight is 331 g/mol. The molecule has 0 bridgehead atoms. The van der Waals surface area contributed by atoms with Crippen LogP contribution in [0.2, 0.25) is 0 Å². The maximum atomic E-state index is 12.0. The van der Waals surface area contributed by atoms with Gasteiger partial charge in [-0.05, 0) is 46.3 Å². The van der Waals surface area contributed by atoms with Crippen molar-refractivity contribution in [2.45, 2.75) is 0 Å². The first-order chi connectivity index (χ1) is 9.63. The van der Waals surface area contributed by atoms with Crippen LogP contribution >= 0.6 is 15.9 Å². The first kappa shape index (κ1) is 12.7. The fraction of sp³-hybridized carbons (Fsp3) is 0. The highest BCUT2D eigenvalue weighted by atomic mass is 79.9. The molecule has 3 rings (SSSR count). The molecule has 6 heteroatoms. The second-order valence-corrected chi connectivity index (χ2v) is 5.15. The second-order valence-electron chi connectivity index (χ2n) is 4.30. The molecule has 0 fully saturated rings. The molecule has 0 spiro atoms. The minimum atomic E-state index is -0.225. The van der Waals surface area contributed by atoms with E-state index in [4.69, 9.17) is 5.73 Å². The van der Waals surface area contributed by atoms with Crippen LogP contribution in [0.5, 0.6) is 0 Å². The van der Waals surface area contributed by atoms with Crippen molar-refractivity contribution in [2.75, 3.05) is 11.1 Å². The standard InChI is InChI=1S/C14H11BrN4O/c15-10-3-1-2-4-12(10)18-14-17-11-6-5-8(16)7-9(11)13(20)19-14/h1-7H,16H2,(H2,17,18,19,20). The van der Waals surface area contributed by atoms with Gasteiger partial charge in [-0.1, -0.05) is 12.1 Å². The molecule has 4 N–H and O–H groups in total. The lowest BCUT2D eigenvalue weighted by Gasteiger charge is -2.08. The molecule has 0 saturated carbocycles. The Labute approximate surface area is 123 Å². The Morgan fingerprint density at radius 1 is 1.20 bits per heavy atom. The number of para-hydroxylation sites is 1. The number of nitrogens with two attached hydrogens (primary N) is 1. The summed E-state index contributed by atoms with van der Waals surface area (Å²) in [7, 11) is 0. The van der Waals surface area contributed by atoms with Crippen LogP contribution in [0.25, 0.3) is 10.9 Å². The van der Waals surface area contributed by atoms with Gasteiger partial charge in [0.2, 0.25) is 5.95 Å². The smallest absolute Gasteiger partial charge is 0.260 e. The van der Waals surface area contributed by atoms with Crippen molar-refractivity contribution in [2.24, 2.45) is 0 Å².